The van der Waals surface area contributed by atoms with Crippen molar-refractivity contribution in [3.05, 3.63) is 60.3 Å². The van der Waals surface area contributed by atoms with Crippen LogP contribution >= 0.6 is 0 Å². The molecule has 0 fully saturated rings. The topological polar surface area (TPSA) is 53.1 Å². The molecule has 0 unspecified atom stereocenters. The molecule has 88 valence electrons. The maximum absolute atomic E-state index is 10.8. The number of carboxylic acid groups (broad SMARTS) is 1. The molecule has 0 atom stereocenters. The van der Waals surface area contributed by atoms with E-state index >= 15 is 0 Å². The molecule has 0 radical (unpaired) electrons. The first-order valence-electron chi connectivity index (χ1n) is 5.65. The van der Waals surface area contributed by atoms with Crippen LogP contribution in [0.15, 0.2) is 54.7 Å². The maximum atomic E-state index is 10.8. The number of hydrogen-bond acceptors (Lipinski definition) is 1. The van der Waals surface area contributed by atoms with Gasteiger partial charge in [0.15, 0.2) is 0 Å². The summed E-state index contributed by atoms with van der Waals surface area (Å²) >= 11 is 0. The SMILES string of the molecule is O=C(O)c1ccc(-c2cccc3[nH]ccc23)cc1. The van der Waals surface area contributed by atoms with Crippen molar-refractivity contribution in [2.24, 2.45) is 0 Å². The van der Waals surface area contributed by atoms with Gasteiger partial charge in [-0.05, 0) is 35.4 Å². The number of nitrogens with one attached hydrogen (secondary N) is 1. The number of H-pyrrole nitrogens is 1. The van der Waals surface area contributed by atoms with Crippen LogP contribution in [0.5, 0.6) is 0 Å². The van der Waals surface area contributed by atoms with Gasteiger partial charge in [0.1, 0.15) is 0 Å². The third-order valence-corrected chi connectivity index (χ3v) is 3.04. The predicted octanol–water partition coefficient (Wildman–Crippen LogP) is 3.53. The van der Waals surface area contributed by atoms with Crippen LogP contribution in [-0.2, 0) is 0 Å². The predicted molar refractivity (Wildman–Crippen MR) is 70.7 cm³/mol. The van der Waals surface area contributed by atoms with E-state index in [1.165, 1.54) is 0 Å². The molecule has 0 spiro atoms. The van der Waals surface area contributed by atoms with Crippen molar-refractivity contribution in [2.45, 2.75) is 0 Å². The quantitative estimate of drug-likeness (QED) is 0.716. The van der Waals surface area contributed by atoms with Crippen LogP contribution in [-0.4, -0.2) is 16.1 Å². The second-order valence-electron chi connectivity index (χ2n) is 4.13. The molecule has 0 bridgehead atoms. The Morgan fingerprint density at radius 1 is 1.00 bits per heavy atom. The van der Waals surface area contributed by atoms with Crippen LogP contribution in [0.3, 0.4) is 0 Å². The summed E-state index contributed by atoms with van der Waals surface area (Å²) in [4.78, 5) is 14.0. The Morgan fingerprint density at radius 3 is 2.50 bits per heavy atom. The molecule has 0 amide bonds. The lowest BCUT2D eigenvalue weighted by Gasteiger charge is -2.04. The normalized spacial score (nSPS) is 10.7. The van der Waals surface area contributed by atoms with Gasteiger partial charge in [-0.3, -0.25) is 0 Å². The van der Waals surface area contributed by atoms with Crippen LogP contribution in [0.4, 0.5) is 0 Å². The highest BCUT2D eigenvalue weighted by Crippen LogP contribution is 2.28. The van der Waals surface area contributed by atoms with Gasteiger partial charge >= 0.3 is 5.97 Å². The lowest BCUT2D eigenvalue weighted by Crippen LogP contribution is -1.94. The summed E-state index contributed by atoms with van der Waals surface area (Å²) in [5.41, 5.74) is 3.51. The molecule has 3 rings (SSSR count). The lowest BCUT2D eigenvalue weighted by molar-refractivity contribution is 0.0697. The molecule has 1 aromatic heterocycles. The van der Waals surface area contributed by atoms with E-state index in [0.717, 1.165) is 22.0 Å². The van der Waals surface area contributed by atoms with E-state index in [9.17, 15) is 4.79 Å². The van der Waals surface area contributed by atoms with Gasteiger partial charge in [0, 0.05) is 17.1 Å². The van der Waals surface area contributed by atoms with Gasteiger partial charge in [-0.15, -0.1) is 0 Å². The molecule has 0 aliphatic heterocycles. The van der Waals surface area contributed by atoms with Crippen LogP contribution < -0.4 is 0 Å². The van der Waals surface area contributed by atoms with E-state index in [-0.39, 0.29) is 0 Å². The van der Waals surface area contributed by atoms with E-state index in [2.05, 4.69) is 4.98 Å². The summed E-state index contributed by atoms with van der Waals surface area (Å²) in [5, 5.41) is 10.0. The van der Waals surface area contributed by atoms with E-state index in [4.69, 9.17) is 5.11 Å². The Labute approximate surface area is 104 Å². The molecule has 0 saturated carbocycles. The number of fused-ring (bicyclic) bond motifs is 1. The van der Waals surface area contributed by atoms with Crippen LogP contribution in [0.25, 0.3) is 22.0 Å². The summed E-state index contributed by atoms with van der Waals surface area (Å²) in [5.74, 6) is -0.901. The second kappa shape index (κ2) is 4.04. The highest BCUT2D eigenvalue weighted by Gasteiger charge is 2.06. The number of aromatic carboxylic acids is 1. The van der Waals surface area contributed by atoms with E-state index in [1.807, 2.05) is 42.6 Å². The second-order valence-corrected chi connectivity index (χ2v) is 4.13. The summed E-state index contributed by atoms with van der Waals surface area (Å²) < 4.78 is 0. The van der Waals surface area contributed by atoms with Gasteiger partial charge in [-0.25, -0.2) is 4.79 Å². The van der Waals surface area contributed by atoms with Crippen molar-refractivity contribution in [2.75, 3.05) is 0 Å². The number of rotatable bonds is 2. The van der Waals surface area contributed by atoms with Gasteiger partial charge < -0.3 is 10.1 Å². The minimum Gasteiger partial charge on any atom is -0.478 e. The standard InChI is InChI=1S/C15H11NO2/c17-15(18)11-6-4-10(5-7-11)12-2-1-3-14-13(12)8-9-16-14/h1-9,16H,(H,17,18). The highest BCUT2D eigenvalue weighted by atomic mass is 16.4. The first kappa shape index (κ1) is 10.6. The number of aromatic amines is 1. The molecule has 18 heavy (non-hydrogen) atoms. The van der Waals surface area contributed by atoms with Crippen molar-refractivity contribution in [1.82, 2.24) is 4.98 Å². The van der Waals surface area contributed by atoms with Crippen molar-refractivity contribution >= 4 is 16.9 Å². The summed E-state index contributed by atoms with van der Waals surface area (Å²) in [6, 6.07) is 15.0. The third-order valence-electron chi connectivity index (χ3n) is 3.04. The summed E-state index contributed by atoms with van der Waals surface area (Å²) in [6.45, 7) is 0. The third kappa shape index (κ3) is 1.66. The van der Waals surface area contributed by atoms with Crippen molar-refractivity contribution in [3.63, 3.8) is 0 Å². The molecule has 2 aromatic carbocycles. The monoisotopic (exact) mass is 237 g/mol. The van der Waals surface area contributed by atoms with Gasteiger partial charge in [0.05, 0.1) is 5.56 Å². The molecule has 3 heteroatoms. The Balaban J connectivity index is 2.14. The fourth-order valence-corrected chi connectivity index (χ4v) is 2.13. The zero-order valence-electron chi connectivity index (χ0n) is 9.55. The van der Waals surface area contributed by atoms with Crippen molar-refractivity contribution < 1.29 is 9.90 Å². The number of carbonyl (C=O) groups is 1. The maximum Gasteiger partial charge on any atom is 0.335 e. The van der Waals surface area contributed by atoms with E-state index in [1.54, 1.807) is 12.1 Å². The van der Waals surface area contributed by atoms with E-state index < -0.39 is 5.97 Å². The molecular formula is C15H11NO2. The average Bonchev–Trinajstić information content (AvgIpc) is 2.87. The summed E-state index contributed by atoms with van der Waals surface area (Å²) in [7, 11) is 0. The zero-order valence-corrected chi connectivity index (χ0v) is 9.55. The molecule has 0 aliphatic carbocycles. The fraction of sp³-hybridized carbons (Fsp3) is 0. The minimum atomic E-state index is -0.901. The molecule has 2 N–H and O–H groups in total. The van der Waals surface area contributed by atoms with Crippen LogP contribution in [0.2, 0.25) is 0 Å². The number of carboxylic acids is 1. The average molecular weight is 237 g/mol. The lowest BCUT2D eigenvalue weighted by atomic mass is 10.0. The van der Waals surface area contributed by atoms with Gasteiger partial charge in [0.25, 0.3) is 0 Å². The number of benzene rings is 2. The Bertz CT molecular complexity index is 711. The largest absolute Gasteiger partial charge is 0.478 e. The zero-order chi connectivity index (χ0) is 12.5. The van der Waals surface area contributed by atoms with Crippen LogP contribution in [0.1, 0.15) is 10.4 Å². The number of aromatic nitrogens is 1. The van der Waals surface area contributed by atoms with Gasteiger partial charge in [-0.2, -0.15) is 0 Å². The first-order valence-corrected chi connectivity index (χ1v) is 5.65. The van der Waals surface area contributed by atoms with Gasteiger partial charge in [-0.1, -0.05) is 24.3 Å². The smallest absolute Gasteiger partial charge is 0.335 e. The molecular weight excluding hydrogens is 226 g/mol. The van der Waals surface area contributed by atoms with Crippen molar-refractivity contribution in [1.29, 1.82) is 0 Å². The fourth-order valence-electron chi connectivity index (χ4n) is 2.13. The molecule has 0 aliphatic rings. The Morgan fingerprint density at radius 2 is 1.78 bits per heavy atom. The van der Waals surface area contributed by atoms with Crippen LogP contribution in [0, 0.1) is 0 Å². The molecule has 3 aromatic rings. The first-order chi connectivity index (χ1) is 8.75. The minimum absolute atomic E-state index is 0.306. The molecule has 0 saturated heterocycles. The molecule has 1 heterocycles. The highest BCUT2D eigenvalue weighted by molar-refractivity contribution is 5.96. The Kier molecular flexibility index (Phi) is 2.38. The number of hydrogen-bond donors (Lipinski definition) is 2. The Hall–Kier alpha value is -2.55. The van der Waals surface area contributed by atoms with Gasteiger partial charge in [0.2, 0.25) is 0 Å². The summed E-state index contributed by atoms with van der Waals surface area (Å²) in [6.07, 6.45) is 1.90. The molecule has 3 nitrogen and oxygen atoms in total. The van der Waals surface area contributed by atoms with E-state index in [0.29, 0.717) is 5.56 Å². The van der Waals surface area contributed by atoms with Crippen molar-refractivity contribution in [3.8, 4) is 11.1 Å².